The Balaban J connectivity index is 3.39. The number of rotatable bonds is 6. The van der Waals surface area contributed by atoms with Crippen molar-refractivity contribution in [3.8, 4) is 0 Å². The minimum absolute atomic E-state index is 0.250. The van der Waals surface area contributed by atoms with Crippen LogP contribution in [0.25, 0.3) is 0 Å². The smallest absolute Gasteiger partial charge is 0.0122 e. The minimum atomic E-state index is 0.250. The van der Waals surface area contributed by atoms with E-state index in [4.69, 9.17) is 0 Å². The summed E-state index contributed by atoms with van der Waals surface area (Å²) < 4.78 is 0. The highest BCUT2D eigenvalue weighted by atomic mass is 15.0. The summed E-state index contributed by atoms with van der Waals surface area (Å²) in [6, 6.07) is 0. The molecule has 0 unspecified atom stereocenters. The van der Waals surface area contributed by atoms with Gasteiger partial charge in [-0.2, -0.15) is 0 Å². The van der Waals surface area contributed by atoms with Gasteiger partial charge in [0, 0.05) is 11.1 Å². The Morgan fingerprint density at radius 2 is 1.36 bits per heavy atom. The van der Waals surface area contributed by atoms with Gasteiger partial charge in [-0.3, -0.25) is 0 Å². The molecule has 0 heterocycles. The van der Waals surface area contributed by atoms with Crippen LogP contribution in [0.5, 0.6) is 0 Å². The zero-order valence-electron chi connectivity index (χ0n) is 10.8. The molecule has 2 nitrogen and oxygen atoms in total. The standard InChI is InChI=1S/C12H28N2/c1-7-12(5,6)14-10-8-9-13-11(2,3)4/h13-14H,7-10H2,1-6H3. The molecule has 0 rings (SSSR count). The number of hydrogen-bond acceptors (Lipinski definition) is 2. The van der Waals surface area contributed by atoms with Gasteiger partial charge in [-0.05, 0) is 60.5 Å². The quantitative estimate of drug-likeness (QED) is 0.644. The average molecular weight is 200 g/mol. The molecule has 0 fully saturated rings. The predicted octanol–water partition coefficient (Wildman–Crippen LogP) is 2.54. The minimum Gasteiger partial charge on any atom is -0.312 e. The molecular weight excluding hydrogens is 172 g/mol. The maximum Gasteiger partial charge on any atom is 0.0122 e. The number of hydrogen-bond donors (Lipinski definition) is 2. The molecular formula is C12H28N2. The number of nitrogens with one attached hydrogen (secondary N) is 2. The maximum atomic E-state index is 3.55. The van der Waals surface area contributed by atoms with Gasteiger partial charge < -0.3 is 10.6 Å². The van der Waals surface area contributed by atoms with Crippen molar-refractivity contribution >= 4 is 0 Å². The van der Waals surface area contributed by atoms with E-state index < -0.39 is 0 Å². The summed E-state index contributed by atoms with van der Waals surface area (Å²) in [7, 11) is 0. The maximum absolute atomic E-state index is 3.55. The Bertz CT molecular complexity index is 145. The van der Waals surface area contributed by atoms with E-state index in [0.717, 1.165) is 13.1 Å². The molecule has 0 saturated carbocycles. The first kappa shape index (κ1) is 13.9. The summed E-state index contributed by atoms with van der Waals surface area (Å²) >= 11 is 0. The van der Waals surface area contributed by atoms with Gasteiger partial charge in [-0.15, -0.1) is 0 Å². The highest BCUT2D eigenvalue weighted by Crippen LogP contribution is 2.06. The molecule has 0 radical (unpaired) electrons. The van der Waals surface area contributed by atoms with Crippen molar-refractivity contribution in [2.75, 3.05) is 13.1 Å². The van der Waals surface area contributed by atoms with Crippen molar-refractivity contribution in [2.24, 2.45) is 0 Å². The van der Waals surface area contributed by atoms with E-state index in [1.54, 1.807) is 0 Å². The summed E-state index contributed by atoms with van der Waals surface area (Å²) in [5.74, 6) is 0. The summed E-state index contributed by atoms with van der Waals surface area (Å²) in [6.45, 7) is 15.5. The molecule has 0 aromatic carbocycles. The lowest BCUT2D eigenvalue weighted by molar-refractivity contribution is 0.361. The largest absolute Gasteiger partial charge is 0.312 e. The molecule has 14 heavy (non-hydrogen) atoms. The lowest BCUT2D eigenvalue weighted by Crippen LogP contribution is -2.41. The summed E-state index contributed by atoms with van der Waals surface area (Å²) in [5.41, 5.74) is 0.544. The SMILES string of the molecule is CCC(C)(C)NCCCNC(C)(C)C. The van der Waals surface area contributed by atoms with Gasteiger partial charge in [0.25, 0.3) is 0 Å². The van der Waals surface area contributed by atoms with Crippen LogP contribution in [0, 0.1) is 0 Å². The fraction of sp³-hybridized carbons (Fsp3) is 1.00. The molecule has 0 bridgehead atoms. The van der Waals surface area contributed by atoms with Crippen molar-refractivity contribution in [1.29, 1.82) is 0 Å². The van der Waals surface area contributed by atoms with Crippen molar-refractivity contribution < 1.29 is 0 Å². The van der Waals surface area contributed by atoms with Gasteiger partial charge in [0.05, 0.1) is 0 Å². The van der Waals surface area contributed by atoms with Crippen LogP contribution in [0.1, 0.15) is 54.4 Å². The first-order valence-corrected chi connectivity index (χ1v) is 5.77. The van der Waals surface area contributed by atoms with Gasteiger partial charge in [-0.25, -0.2) is 0 Å². The van der Waals surface area contributed by atoms with E-state index in [2.05, 4.69) is 52.2 Å². The van der Waals surface area contributed by atoms with E-state index in [1.807, 2.05) is 0 Å². The molecule has 0 aliphatic heterocycles. The van der Waals surface area contributed by atoms with Gasteiger partial charge in [0.2, 0.25) is 0 Å². The second-order valence-electron chi connectivity index (χ2n) is 5.69. The Labute approximate surface area is 89.9 Å². The van der Waals surface area contributed by atoms with E-state index in [0.29, 0.717) is 5.54 Å². The van der Waals surface area contributed by atoms with Crippen LogP contribution in [0.15, 0.2) is 0 Å². The summed E-state index contributed by atoms with van der Waals surface area (Å²) in [6.07, 6.45) is 2.38. The van der Waals surface area contributed by atoms with Crippen molar-refractivity contribution in [2.45, 2.75) is 65.5 Å². The van der Waals surface area contributed by atoms with E-state index in [1.165, 1.54) is 12.8 Å². The lowest BCUT2D eigenvalue weighted by Gasteiger charge is -2.25. The Kier molecular flexibility index (Phi) is 5.68. The van der Waals surface area contributed by atoms with Crippen LogP contribution in [-0.4, -0.2) is 24.2 Å². The van der Waals surface area contributed by atoms with Gasteiger partial charge in [0.15, 0.2) is 0 Å². The van der Waals surface area contributed by atoms with Crippen LogP contribution in [0.2, 0.25) is 0 Å². The molecule has 0 aliphatic carbocycles. The van der Waals surface area contributed by atoms with Crippen LogP contribution < -0.4 is 10.6 Å². The van der Waals surface area contributed by atoms with E-state index in [9.17, 15) is 0 Å². The molecule has 2 N–H and O–H groups in total. The molecule has 2 heteroatoms. The van der Waals surface area contributed by atoms with E-state index in [-0.39, 0.29) is 5.54 Å². The van der Waals surface area contributed by atoms with Crippen LogP contribution >= 0.6 is 0 Å². The molecule has 0 aromatic rings. The topological polar surface area (TPSA) is 24.1 Å². The fourth-order valence-electron chi connectivity index (χ4n) is 1.10. The van der Waals surface area contributed by atoms with Gasteiger partial charge in [-0.1, -0.05) is 6.92 Å². The molecule has 0 aromatic heterocycles. The highest BCUT2D eigenvalue weighted by molar-refractivity contribution is 4.75. The second kappa shape index (κ2) is 5.72. The third-order valence-corrected chi connectivity index (χ3v) is 2.50. The lowest BCUT2D eigenvalue weighted by atomic mass is 10.0. The van der Waals surface area contributed by atoms with Gasteiger partial charge >= 0.3 is 0 Å². The Morgan fingerprint density at radius 3 is 1.79 bits per heavy atom. The molecule has 0 aliphatic rings. The van der Waals surface area contributed by atoms with Gasteiger partial charge in [0.1, 0.15) is 0 Å². The fourth-order valence-corrected chi connectivity index (χ4v) is 1.10. The molecule has 0 spiro atoms. The second-order valence-corrected chi connectivity index (χ2v) is 5.69. The Hall–Kier alpha value is -0.0800. The zero-order chi connectivity index (χ0) is 11.2. The van der Waals surface area contributed by atoms with E-state index >= 15 is 0 Å². The Morgan fingerprint density at radius 1 is 0.857 bits per heavy atom. The third kappa shape index (κ3) is 8.52. The normalized spacial score (nSPS) is 13.3. The molecule has 0 saturated heterocycles. The van der Waals surface area contributed by atoms with Crippen molar-refractivity contribution in [3.05, 3.63) is 0 Å². The van der Waals surface area contributed by atoms with Crippen molar-refractivity contribution in [3.63, 3.8) is 0 Å². The first-order chi connectivity index (χ1) is 6.27. The average Bonchev–Trinajstić information content (AvgIpc) is 2.01. The van der Waals surface area contributed by atoms with Crippen LogP contribution in [0.4, 0.5) is 0 Å². The van der Waals surface area contributed by atoms with Crippen molar-refractivity contribution in [1.82, 2.24) is 10.6 Å². The van der Waals surface area contributed by atoms with Crippen LogP contribution in [0.3, 0.4) is 0 Å². The monoisotopic (exact) mass is 200 g/mol. The van der Waals surface area contributed by atoms with Crippen LogP contribution in [-0.2, 0) is 0 Å². The predicted molar refractivity (Wildman–Crippen MR) is 64.7 cm³/mol. The third-order valence-electron chi connectivity index (χ3n) is 2.50. The summed E-state index contributed by atoms with van der Waals surface area (Å²) in [5, 5.41) is 7.04. The highest BCUT2D eigenvalue weighted by Gasteiger charge is 2.13. The molecule has 0 atom stereocenters. The molecule has 0 amide bonds. The molecule has 86 valence electrons. The summed E-state index contributed by atoms with van der Waals surface area (Å²) in [4.78, 5) is 0. The first-order valence-electron chi connectivity index (χ1n) is 5.77. The zero-order valence-corrected chi connectivity index (χ0v) is 10.8.